The molecule has 25 heavy (non-hydrogen) atoms. The summed E-state index contributed by atoms with van der Waals surface area (Å²) in [6, 6.07) is 10.4. The van der Waals surface area contributed by atoms with Crippen molar-refractivity contribution in [3.05, 3.63) is 53.1 Å². The molecule has 1 aromatic carbocycles. The predicted octanol–water partition coefficient (Wildman–Crippen LogP) is 3.74. The van der Waals surface area contributed by atoms with Gasteiger partial charge in [-0.25, -0.2) is 9.97 Å². The average Bonchev–Trinajstić information content (AvgIpc) is 3.24. The Morgan fingerprint density at radius 3 is 2.48 bits per heavy atom. The van der Waals surface area contributed by atoms with Crippen molar-refractivity contribution in [3.8, 4) is 11.3 Å². The molecule has 1 aliphatic rings. The largest absolute Gasteiger partial charge is 0.444 e. The Kier molecular flexibility index (Phi) is 4.55. The Labute approximate surface area is 151 Å². The molecule has 0 atom stereocenters. The zero-order valence-electron chi connectivity index (χ0n) is 14.6. The molecule has 6 heteroatoms. The van der Waals surface area contributed by atoms with Crippen LogP contribution in [0, 0.1) is 13.8 Å². The highest BCUT2D eigenvalue weighted by atomic mass is 32.1. The van der Waals surface area contributed by atoms with Gasteiger partial charge in [0.1, 0.15) is 5.76 Å². The molecule has 1 saturated heterocycles. The number of thiazole rings is 1. The summed E-state index contributed by atoms with van der Waals surface area (Å²) in [7, 11) is 0. The van der Waals surface area contributed by atoms with Crippen molar-refractivity contribution in [2.75, 3.05) is 31.1 Å². The molecule has 0 N–H and O–H groups in total. The summed E-state index contributed by atoms with van der Waals surface area (Å²) in [4.78, 5) is 14.1. The van der Waals surface area contributed by atoms with Crippen LogP contribution >= 0.6 is 11.3 Å². The Bertz CT molecular complexity index is 815. The summed E-state index contributed by atoms with van der Waals surface area (Å²) in [6.07, 6.45) is 0. The van der Waals surface area contributed by atoms with Crippen LogP contribution in [0.4, 0.5) is 5.13 Å². The van der Waals surface area contributed by atoms with Gasteiger partial charge in [0.25, 0.3) is 0 Å². The summed E-state index contributed by atoms with van der Waals surface area (Å²) >= 11 is 1.73. The first-order valence-electron chi connectivity index (χ1n) is 8.60. The summed E-state index contributed by atoms with van der Waals surface area (Å²) in [5.41, 5.74) is 3.23. The molecule has 1 aliphatic heterocycles. The number of hydrogen-bond donors (Lipinski definition) is 0. The van der Waals surface area contributed by atoms with E-state index in [-0.39, 0.29) is 0 Å². The molecule has 3 heterocycles. The molecule has 0 radical (unpaired) electrons. The molecule has 0 saturated carbocycles. The van der Waals surface area contributed by atoms with E-state index in [0.29, 0.717) is 0 Å². The van der Waals surface area contributed by atoms with E-state index in [1.165, 1.54) is 5.56 Å². The SMILES string of the molecule is Cc1nc(CN2CCN(c3nc(-c4ccccc4)cs3)CC2)oc1C. The van der Waals surface area contributed by atoms with Crippen molar-refractivity contribution in [1.82, 2.24) is 14.9 Å². The number of benzene rings is 1. The number of rotatable bonds is 4. The molecule has 130 valence electrons. The number of hydrogen-bond acceptors (Lipinski definition) is 6. The van der Waals surface area contributed by atoms with Gasteiger partial charge in [-0.05, 0) is 13.8 Å². The summed E-state index contributed by atoms with van der Waals surface area (Å²) < 4.78 is 5.70. The van der Waals surface area contributed by atoms with Crippen LogP contribution in [0.5, 0.6) is 0 Å². The van der Waals surface area contributed by atoms with Crippen LogP contribution in [-0.2, 0) is 6.54 Å². The lowest BCUT2D eigenvalue weighted by atomic mass is 10.2. The Morgan fingerprint density at radius 1 is 1.04 bits per heavy atom. The van der Waals surface area contributed by atoms with Gasteiger partial charge in [0.15, 0.2) is 5.13 Å². The van der Waals surface area contributed by atoms with Crippen molar-refractivity contribution < 1.29 is 4.42 Å². The van der Waals surface area contributed by atoms with E-state index in [1.807, 2.05) is 19.9 Å². The highest BCUT2D eigenvalue weighted by Crippen LogP contribution is 2.28. The zero-order chi connectivity index (χ0) is 17.2. The molecule has 0 spiro atoms. The lowest BCUT2D eigenvalue weighted by Crippen LogP contribution is -2.46. The second-order valence-electron chi connectivity index (χ2n) is 6.39. The smallest absolute Gasteiger partial charge is 0.208 e. The second kappa shape index (κ2) is 6.98. The maximum Gasteiger partial charge on any atom is 0.208 e. The van der Waals surface area contributed by atoms with E-state index in [0.717, 1.165) is 60.9 Å². The molecule has 0 aliphatic carbocycles. The fourth-order valence-corrected chi connectivity index (χ4v) is 3.93. The van der Waals surface area contributed by atoms with Crippen LogP contribution in [0.15, 0.2) is 40.1 Å². The summed E-state index contributed by atoms with van der Waals surface area (Å²) in [5, 5.41) is 3.26. The van der Waals surface area contributed by atoms with Crippen molar-refractivity contribution in [2.24, 2.45) is 0 Å². The summed E-state index contributed by atoms with van der Waals surface area (Å²) in [5.74, 6) is 1.74. The number of aryl methyl sites for hydroxylation is 2. The van der Waals surface area contributed by atoms with Gasteiger partial charge < -0.3 is 9.32 Å². The fraction of sp³-hybridized carbons (Fsp3) is 0.368. The van der Waals surface area contributed by atoms with Crippen LogP contribution in [0.1, 0.15) is 17.3 Å². The Hall–Kier alpha value is -2.18. The molecule has 4 rings (SSSR count). The van der Waals surface area contributed by atoms with Gasteiger partial charge in [-0.3, -0.25) is 4.90 Å². The van der Waals surface area contributed by atoms with Gasteiger partial charge in [-0.1, -0.05) is 30.3 Å². The fourth-order valence-electron chi connectivity index (χ4n) is 3.05. The van der Waals surface area contributed by atoms with Gasteiger partial charge in [0.2, 0.25) is 5.89 Å². The van der Waals surface area contributed by atoms with Crippen LogP contribution in [0.25, 0.3) is 11.3 Å². The molecule has 0 bridgehead atoms. The van der Waals surface area contributed by atoms with Crippen LogP contribution in [0.3, 0.4) is 0 Å². The van der Waals surface area contributed by atoms with Crippen LogP contribution < -0.4 is 4.90 Å². The molecule has 1 fully saturated rings. The minimum absolute atomic E-state index is 0.787. The third-order valence-corrected chi connectivity index (χ3v) is 5.54. The predicted molar refractivity (Wildman–Crippen MR) is 101 cm³/mol. The minimum atomic E-state index is 0.787. The van der Waals surface area contributed by atoms with Crippen molar-refractivity contribution >= 4 is 16.5 Å². The molecule has 2 aromatic heterocycles. The number of anilines is 1. The van der Waals surface area contributed by atoms with Crippen molar-refractivity contribution in [2.45, 2.75) is 20.4 Å². The van der Waals surface area contributed by atoms with E-state index in [4.69, 9.17) is 9.40 Å². The molecular weight excluding hydrogens is 332 g/mol. The van der Waals surface area contributed by atoms with E-state index in [9.17, 15) is 0 Å². The van der Waals surface area contributed by atoms with Crippen molar-refractivity contribution in [3.63, 3.8) is 0 Å². The lowest BCUT2D eigenvalue weighted by molar-refractivity contribution is 0.225. The Morgan fingerprint density at radius 2 is 1.80 bits per heavy atom. The third kappa shape index (κ3) is 3.60. The molecule has 5 nitrogen and oxygen atoms in total. The van der Waals surface area contributed by atoms with E-state index < -0.39 is 0 Å². The first-order chi connectivity index (χ1) is 12.2. The first kappa shape index (κ1) is 16.3. The van der Waals surface area contributed by atoms with E-state index >= 15 is 0 Å². The van der Waals surface area contributed by atoms with E-state index in [1.54, 1.807) is 11.3 Å². The van der Waals surface area contributed by atoms with Gasteiger partial charge in [-0.2, -0.15) is 0 Å². The maximum atomic E-state index is 5.70. The Balaban J connectivity index is 1.36. The number of nitrogens with zero attached hydrogens (tertiary/aromatic N) is 4. The van der Waals surface area contributed by atoms with Gasteiger partial charge in [-0.15, -0.1) is 11.3 Å². The van der Waals surface area contributed by atoms with Crippen molar-refractivity contribution in [1.29, 1.82) is 0 Å². The standard InChI is InChI=1S/C19H22N4OS/c1-14-15(2)24-18(20-14)12-22-8-10-23(11-9-22)19-21-17(13-25-19)16-6-4-3-5-7-16/h3-7,13H,8-12H2,1-2H3. The molecule has 0 unspecified atom stereocenters. The number of piperazine rings is 1. The molecule has 0 amide bonds. The lowest BCUT2D eigenvalue weighted by Gasteiger charge is -2.33. The summed E-state index contributed by atoms with van der Waals surface area (Å²) in [6.45, 7) is 8.72. The maximum absolute atomic E-state index is 5.70. The van der Waals surface area contributed by atoms with Gasteiger partial charge >= 0.3 is 0 Å². The van der Waals surface area contributed by atoms with E-state index in [2.05, 4.69) is 44.4 Å². The minimum Gasteiger partial charge on any atom is -0.444 e. The van der Waals surface area contributed by atoms with Gasteiger partial charge in [0, 0.05) is 37.1 Å². The molecule has 3 aromatic rings. The van der Waals surface area contributed by atoms with Crippen LogP contribution in [-0.4, -0.2) is 41.0 Å². The number of oxazole rings is 1. The normalized spacial score (nSPS) is 15.7. The quantitative estimate of drug-likeness (QED) is 0.714. The highest BCUT2D eigenvalue weighted by Gasteiger charge is 2.21. The zero-order valence-corrected chi connectivity index (χ0v) is 15.4. The average molecular weight is 354 g/mol. The number of aromatic nitrogens is 2. The highest BCUT2D eigenvalue weighted by molar-refractivity contribution is 7.14. The molecular formula is C19H22N4OS. The van der Waals surface area contributed by atoms with Gasteiger partial charge in [0.05, 0.1) is 17.9 Å². The van der Waals surface area contributed by atoms with Crippen LogP contribution in [0.2, 0.25) is 0 Å². The topological polar surface area (TPSA) is 45.4 Å². The monoisotopic (exact) mass is 354 g/mol. The second-order valence-corrected chi connectivity index (χ2v) is 7.23. The third-order valence-electron chi connectivity index (χ3n) is 4.64. The first-order valence-corrected chi connectivity index (χ1v) is 9.48.